The van der Waals surface area contributed by atoms with Crippen LogP contribution in [0.3, 0.4) is 0 Å². The second kappa shape index (κ2) is 7.99. The zero-order chi connectivity index (χ0) is 16.1. The Kier molecular flexibility index (Phi) is 7.24. The van der Waals surface area contributed by atoms with E-state index in [0.29, 0.717) is 16.9 Å². The molecule has 0 bridgehead atoms. The molecule has 126 valence electrons. The van der Waals surface area contributed by atoms with Gasteiger partial charge in [-0.1, -0.05) is 80.1 Å². The van der Waals surface area contributed by atoms with Gasteiger partial charge < -0.3 is 5.73 Å². The average molecular weight is 296 g/mol. The molecule has 1 aliphatic carbocycles. The largest absolute Gasteiger partial charge is 0.327 e. The maximum absolute atomic E-state index is 6.49. The first-order valence-corrected chi connectivity index (χ1v) is 9.50. The Morgan fingerprint density at radius 1 is 0.905 bits per heavy atom. The van der Waals surface area contributed by atoms with Crippen LogP contribution in [0.5, 0.6) is 0 Å². The van der Waals surface area contributed by atoms with E-state index in [0.717, 1.165) is 11.8 Å². The molecular weight excluding hydrogens is 254 g/mol. The van der Waals surface area contributed by atoms with Crippen molar-refractivity contribution in [3.8, 4) is 0 Å². The molecule has 1 unspecified atom stereocenters. The van der Waals surface area contributed by atoms with Crippen LogP contribution in [-0.2, 0) is 0 Å². The van der Waals surface area contributed by atoms with Gasteiger partial charge in [-0.3, -0.25) is 0 Å². The third-order valence-corrected chi connectivity index (χ3v) is 6.11. The molecule has 1 heteroatoms. The predicted octanol–water partition coefficient (Wildman–Crippen LogP) is 6.16. The van der Waals surface area contributed by atoms with E-state index in [4.69, 9.17) is 5.73 Å². The molecule has 1 nitrogen and oxygen atoms in total. The topological polar surface area (TPSA) is 26.0 Å². The molecule has 0 heterocycles. The second-order valence-electron chi connectivity index (χ2n) is 8.99. The van der Waals surface area contributed by atoms with Gasteiger partial charge in [-0.25, -0.2) is 0 Å². The molecule has 0 aromatic rings. The summed E-state index contributed by atoms with van der Waals surface area (Å²) in [5.41, 5.74) is 7.22. The first-order valence-electron chi connectivity index (χ1n) is 9.50. The highest BCUT2D eigenvalue weighted by molar-refractivity contribution is 4.96. The van der Waals surface area contributed by atoms with Crippen molar-refractivity contribution in [2.45, 2.75) is 105 Å². The van der Waals surface area contributed by atoms with E-state index in [9.17, 15) is 0 Å². The van der Waals surface area contributed by atoms with Crippen molar-refractivity contribution in [3.63, 3.8) is 0 Å². The molecular formula is C20H41N. The SMILES string of the molecule is CCCCCC(CCC)[C@@H]1CC[C@H](N)C(C)(C)CC1(C)C. The lowest BCUT2D eigenvalue weighted by Crippen LogP contribution is -2.39. The van der Waals surface area contributed by atoms with Gasteiger partial charge in [0.2, 0.25) is 0 Å². The predicted molar refractivity (Wildman–Crippen MR) is 95.4 cm³/mol. The summed E-state index contributed by atoms with van der Waals surface area (Å²) in [6.07, 6.45) is 12.2. The number of hydrogen-bond acceptors (Lipinski definition) is 1. The van der Waals surface area contributed by atoms with E-state index in [1.807, 2.05) is 0 Å². The van der Waals surface area contributed by atoms with Crippen LogP contribution >= 0.6 is 0 Å². The Labute approximate surface area is 134 Å². The van der Waals surface area contributed by atoms with Gasteiger partial charge in [0.25, 0.3) is 0 Å². The van der Waals surface area contributed by atoms with Gasteiger partial charge in [0.15, 0.2) is 0 Å². The maximum Gasteiger partial charge on any atom is 0.00905 e. The van der Waals surface area contributed by atoms with Crippen LogP contribution in [0.15, 0.2) is 0 Å². The number of rotatable bonds is 7. The second-order valence-corrected chi connectivity index (χ2v) is 8.99. The van der Waals surface area contributed by atoms with Crippen LogP contribution in [0.2, 0.25) is 0 Å². The monoisotopic (exact) mass is 295 g/mol. The molecule has 0 aliphatic heterocycles. The summed E-state index contributed by atoms with van der Waals surface area (Å²) in [6, 6.07) is 0.375. The van der Waals surface area contributed by atoms with Gasteiger partial charge in [0.05, 0.1) is 0 Å². The molecule has 0 aromatic heterocycles. The lowest BCUT2D eigenvalue weighted by Gasteiger charge is -2.42. The fourth-order valence-corrected chi connectivity index (χ4v) is 5.02. The lowest BCUT2D eigenvalue weighted by atomic mass is 9.63. The average Bonchev–Trinajstić information content (AvgIpc) is 2.44. The Morgan fingerprint density at radius 2 is 1.57 bits per heavy atom. The van der Waals surface area contributed by atoms with Crippen LogP contribution < -0.4 is 5.73 Å². The van der Waals surface area contributed by atoms with E-state index in [-0.39, 0.29) is 0 Å². The van der Waals surface area contributed by atoms with Crippen molar-refractivity contribution in [1.29, 1.82) is 0 Å². The van der Waals surface area contributed by atoms with Crippen LogP contribution in [0.25, 0.3) is 0 Å². The molecule has 2 N–H and O–H groups in total. The Bertz CT molecular complexity index is 292. The first kappa shape index (κ1) is 19.0. The Balaban J connectivity index is 2.84. The maximum atomic E-state index is 6.49. The summed E-state index contributed by atoms with van der Waals surface area (Å²) in [4.78, 5) is 0. The van der Waals surface area contributed by atoms with E-state index < -0.39 is 0 Å². The van der Waals surface area contributed by atoms with Crippen molar-refractivity contribution in [2.24, 2.45) is 28.4 Å². The van der Waals surface area contributed by atoms with E-state index in [1.54, 1.807) is 0 Å². The smallest absolute Gasteiger partial charge is 0.00905 e. The fraction of sp³-hybridized carbons (Fsp3) is 1.00. The zero-order valence-corrected chi connectivity index (χ0v) is 15.7. The summed E-state index contributed by atoms with van der Waals surface area (Å²) in [5, 5.41) is 0. The van der Waals surface area contributed by atoms with Crippen LogP contribution in [-0.4, -0.2) is 6.04 Å². The van der Waals surface area contributed by atoms with Gasteiger partial charge in [0, 0.05) is 6.04 Å². The summed E-state index contributed by atoms with van der Waals surface area (Å²) < 4.78 is 0. The molecule has 0 aromatic carbocycles. The molecule has 0 saturated heterocycles. The summed E-state index contributed by atoms with van der Waals surface area (Å²) in [6.45, 7) is 14.5. The standard InChI is InChI=1S/C20H41N/c1-7-9-10-12-16(11-8-2)17-13-14-18(21)20(5,6)15-19(17,3)4/h16-18H,7-15,21H2,1-6H3/t16?,17-,18-/m0/s1. The number of nitrogens with two attached hydrogens (primary N) is 1. The van der Waals surface area contributed by atoms with E-state index in [2.05, 4.69) is 41.5 Å². The highest BCUT2D eigenvalue weighted by Crippen LogP contribution is 2.50. The summed E-state index contributed by atoms with van der Waals surface area (Å²) in [7, 11) is 0. The van der Waals surface area contributed by atoms with Crippen molar-refractivity contribution in [2.75, 3.05) is 0 Å². The first-order chi connectivity index (χ1) is 9.74. The molecule has 3 atom stereocenters. The minimum absolute atomic E-state index is 0.290. The van der Waals surface area contributed by atoms with Crippen molar-refractivity contribution in [1.82, 2.24) is 0 Å². The molecule has 1 fully saturated rings. The van der Waals surface area contributed by atoms with Crippen molar-refractivity contribution < 1.29 is 0 Å². The van der Waals surface area contributed by atoms with Crippen molar-refractivity contribution >= 4 is 0 Å². The van der Waals surface area contributed by atoms with E-state index in [1.165, 1.54) is 57.8 Å². The zero-order valence-electron chi connectivity index (χ0n) is 15.7. The summed E-state index contributed by atoms with van der Waals surface area (Å²) >= 11 is 0. The molecule has 1 rings (SSSR count). The minimum atomic E-state index is 0.290. The van der Waals surface area contributed by atoms with Gasteiger partial charge in [-0.05, 0) is 41.9 Å². The molecule has 21 heavy (non-hydrogen) atoms. The molecule has 1 saturated carbocycles. The molecule has 0 spiro atoms. The normalized spacial score (nSPS) is 29.9. The number of unbranched alkanes of at least 4 members (excludes halogenated alkanes) is 2. The van der Waals surface area contributed by atoms with Gasteiger partial charge in [0.1, 0.15) is 0 Å². The number of hydrogen-bond donors (Lipinski definition) is 1. The molecule has 0 amide bonds. The van der Waals surface area contributed by atoms with Crippen LogP contribution in [0.4, 0.5) is 0 Å². The lowest BCUT2D eigenvalue weighted by molar-refractivity contribution is 0.0819. The van der Waals surface area contributed by atoms with Crippen LogP contribution in [0.1, 0.15) is 99.3 Å². The van der Waals surface area contributed by atoms with Gasteiger partial charge in [-0.15, -0.1) is 0 Å². The highest BCUT2D eigenvalue weighted by atomic mass is 14.7. The van der Waals surface area contributed by atoms with Gasteiger partial charge >= 0.3 is 0 Å². The fourth-order valence-electron chi connectivity index (χ4n) is 5.02. The van der Waals surface area contributed by atoms with Gasteiger partial charge in [-0.2, -0.15) is 0 Å². The summed E-state index contributed by atoms with van der Waals surface area (Å²) in [5.74, 6) is 1.78. The minimum Gasteiger partial charge on any atom is -0.327 e. The van der Waals surface area contributed by atoms with Crippen molar-refractivity contribution in [3.05, 3.63) is 0 Å². The Hall–Kier alpha value is -0.0400. The third-order valence-electron chi connectivity index (χ3n) is 6.11. The quantitative estimate of drug-likeness (QED) is 0.441. The third kappa shape index (κ3) is 5.27. The van der Waals surface area contributed by atoms with Crippen LogP contribution in [0, 0.1) is 22.7 Å². The molecule has 1 aliphatic rings. The van der Waals surface area contributed by atoms with E-state index >= 15 is 0 Å². The Morgan fingerprint density at radius 3 is 2.14 bits per heavy atom. The molecule has 0 radical (unpaired) electrons. The highest BCUT2D eigenvalue weighted by Gasteiger charge is 2.43.